The van der Waals surface area contributed by atoms with Gasteiger partial charge in [0.15, 0.2) is 9.84 Å². The summed E-state index contributed by atoms with van der Waals surface area (Å²) in [6.07, 6.45) is 5.95. The van der Waals surface area contributed by atoms with E-state index in [0.29, 0.717) is 12.4 Å². The Balaban J connectivity index is 1.67. The van der Waals surface area contributed by atoms with E-state index in [1.54, 1.807) is 0 Å². The van der Waals surface area contributed by atoms with Crippen molar-refractivity contribution in [2.75, 3.05) is 29.6 Å². The smallest absolute Gasteiger partial charge is 0.151 e. The SMILES string of the molecule is CS(=O)(=O)Cc1cccc(CNc2cc(N3CCCCC3CO)ncn2)c1. The van der Waals surface area contributed by atoms with Crippen molar-refractivity contribution >= 4 is 21.5 Å². The Morgan fingerprint density at radius 1 is 1.22 bits per heavy atom. The average molecular weight is 391 g/mol. The normalized spacial score (nSPS) is 17.7. The van der Waals surface area contributed by atoms with Gasteiger partial charge in [0, 0.05) is 25.4 Å². The molecule has 1 saturated heterocycles. The van der Waals surface area contributed by atoms with E-state index < -0.39 is 9.84 Å². The molecular formula is C19H26N4O3S. The van der Waals surface area contributed by atoms with Crippen LogP contribution in [-0.2, 0) is 22.1 Å². The summed E-state index contributed by atoms with van der Waals surface area (Å²) in [5, 5.41) is 12.9. The molecule has 1 aliphatic rings. The molecule has 1 aromatic heterocycles. The number of aliphatic hydroxyl groups excluding tert-OH is 1. The van der Waals surface area contributed by atoms with Gasteiger partial charge in [-0.2, -0.15) is 0 Å². The summed E-state index contributed by atoms with van der Waals surface area (Å²) in [4.78, 5) is 10.8. The summed E-state index contributed by atoms with van der Waals surface area (Å²) in [6.45, 7) is 1.55. The maximum absolute atomic E-state index is 11.5. The molecule has 7 nitrogen and oxygen atoms in total. The van der Waals surface area contributed by atoms with Crippen molar-refractivity contribution in [1.82, 2.24) is 9.97 Å². The molecule has 0 amide bonds. The second-order valence-corrected chi connectivity index (χ2v) is 9.17. The van der Waals surface area contributed by atoms with Gasteiger partial charge in [-0.3, -0.25) is 0 Å². The number of hydrogen-bond donors (Lipinski definition) is 2. The second-order valence-electron chi connectivity index (χ2n) is 7.03. The standard InChI is InChI=1S/C19H26N4O3S/c1-27(25,26)13-16-6-4-5-15(9-16)11-20-18-10-19(22-14-21-18)23-8-3-2-7-17(23)12-24/h4-6,9-10,14,17,24H,2-3,7-8,11-13H2,1H3,(H,20,21,22). The summed E-state index contributed by atoms with van der Waals surface area (Å²) in [7, 11) is -3.05. The van der Waals surface area contributed by atoms with Crippen LogP contribution < -0.4 is 10.2 Å². The number of rotatable bonds is 7. The van der Waals surface area contributed by atoms with Crippen molar-refractivity contribution in [3.8, 4) is 0 Å². The van der Waals surface area contributed by atoms with Crippen LogP contribution in [0.5, 0.6) is 0 Å². The maximum Gasteiger partial charge on any atom is 0.151 e. The van der Waals surface area contributed by atoms with E-state index in [1.807, 2.05) is 30.3 Å². The first-order chi connectivity index (χ1) is 12.9. The Bertz CT molecular complexity index is 873. The molecule has 0 saturated carbocycles. The van der Waals surface area contributed by atoms with Crippen LogP contribution in [0.2, 0.25) is 0 Å². The number of sulfone groups is 1. The summed E-state index contributed by atoms with van der Waals surface area (Å²) in [6, 6.07) is 9.53. The van der Waals surface area contributed by atoms with Crippen LogP contribution in [-0.4, -0.2) is 48.9 Å². The molecule has 1 atom stereocenters. The number of piperidine rings is 1. The lowest BCUT2D eigenvalue weighted by molar-refractivity contribution is 0.239. The Morgan fingerprint density at radius 2 is 2.04 bits per heavy atom. The molecule has 1 unspecified atom stereocenters. The maximum atomic E-state index is 11.5. The number of nitrogens with zero attached hydrogens (tertiary/aromatic N) is 3. The quantitative estimate of drug-likeness (QED) is 0.746. The molecule has 0 radical (unpaired) electrons. The summed E-state index contributed by atoms with van der Waals surface area (Å²) in [5.41, 5.74) is 1.77. The number of anilines is 2. The van der Waals surface area contributed by atoms with Gasteiger partial charge in [0.25, 0.3) is 0 Å². The van der Waals surface area contributed by atoms with Crippen molar-refractivity contribution < 1.29 is 13.5 Å². The fraction of sp³-hybridized carbons (Fsp3) is 0.474. The first-order valence-corrected chi connectivity index (χ1v) is 11.2. The van der Waals surface area contributed by atoms with E-state index in [4.69, 9.17) is 0 Å². The highest BCUT2D eigenvalue weighted by atomic mass is 32.2. The number of benzene rings is 1. The minimum Gasteiger partial charge on any atom is -0.394 e. The van der Waals surface area contributed by atoms with E-state index in [-0.39, 0.29) is 18.4 Å². The minimum atomic E-state index is -3.05. The Hall–Kier alpha value is -2.19. The number of aromatic nitrogens is 2. The van der Waals surface area contributed by atoms with E-state index in [9.17, 15) is 13.5 Å². The van der Waals surface area contributed by atoms with Gasteiger partial charge in [-0.25, -0.2) is 18.4 Å². The van der Waals surface area contributed by atoms with Crippen LogP contribution in [0, 0.1) is 0 Å². The average Bonchev–Trinajstić information content (AvgIpc) is 2.65. The third-order valence-corrected chi connectivity index (χ3v) is 5.54. The molecule has 0 spiro atoms. The molecule has 0 bridgehead atoms. The topological polar surface area (TPSA) is 95.4 Å². The molecule has 1 aliphatic heterocycles. The molecule has 1 fully saturated rings. The van der Waals surface area contributed by atoms with E-state index >= 15 is 0 Å². The van der Waals surface area contributed by atoms with E-state index in [1.165, 1.54) is 12.6 Å². The predicted molar refractivity (Wildman–Crippen MR) is 106 cm³/mol. The van der Waals surface area contributed by atoms with Gasteiger partial charge in [0.05, 0.1) is 18.4 Å². The van der Waals surface area contributed by atoms with Gasteiger partial charge in [-0.15, -0.1) is 0 Å². The molecule has 1 aromatic carbocycles. The zero-order valence-corrected chi connectivity index (χ0v) is 16.3. The molecule has 27 heavy (non-hydrogen) atoms. The van der Waals surface area contributed by atoms with Crippen molar-refractivity contribution in [2.24, 2.45) is 0 Å². The lowest BCUT2D eigenvalue weighted by atomic mass is 10.0. The van der Waals surface area contributed by atoms with Crippen LogP contribution in [0.25, 0.3) is 0 Å². The number of nitrogens with one attached hydrogen (secondary N) is 1. The van der Waals surface area contributed by atoms with Crippen LogP contribution in [0.3, 0.4) is 0 Å². The van der Waals surface area contributed by atoms with Crippen LogP contribution in [0.15, 0.2) is 36.7 Å². The monoisotopic (exact) mass is 390 g/mol. The molecule has 8 heteroatoms. The first kappa shape index (κ1) is 19.6. The molecular weight excluding hydrogens is 364 g/mol. The van der Waals surface area contributed by atoms with Gasteiger partial charge < -0.3 is 15.3 Å². The molecule has 2 aromatic rings. The largest absolute Gasteiger partial charge is 0.394 e. The van der Waals surface area contributed by atoms with Gasteiger partial charge in [-0.1, -0.05) is 24.3 Å². The Kier molecular flexibility index (Phi) is 6.28. The molecule has 3 rings (SSSR count). The highest BCUT2D eigenvalue weighted by molar-refractivity contribution is 7.89. The highest BCUT2D eigenvalue weighted by Crippen LogP contribution is 2.24. The minimum absolute atomic E-state index is 0.0377. The van der Waals surface area contributed by atoms with E-state index in [0.717, 1.165) is 42.8 Å². The van der Waals surface area contributed by atoms with Gasteiger partial charge in [0.2, 0.25) is 0 Å². The number of aliphatic hydroxyl groups is 1. The van der Waals surface area contributed by atoms with Crippen molar-refractivity contribution in [3.05, 3.63) is 47.8 Å². The lowest BCUT2D eigenvalue weighted by Gasteiger charge is -2.35. The zero-order valence-electron chi connectivity index (χ0n) is 15.5. The lowest BCUT2D eigenvalue weighted by Crippen LogP contribution is -2.42. The summed E-state index contributed by atoms with van der Waals surface area (Å²) < 4.78 is 23.0. The zero-order chi connectivity index (χ0) is 19.3. The molecule has 0 aliphatic carbocycles. The summed E-state index contributed by atoms with van der Waals surface area (Å²) >= 11 is 0. The van der Waals surface area contributed by atoms with Crippen molar-refractivity contribution in [2.45, 2.75) is 37.6 Å². The van der Waals surface area contributed by atoms with E-state index in [2.05, 4.69) is 20.2 Å². The Morgan fingerprint density at radius 3 is 2.81 bits per heavy atom. The van der Waals surface area contributed by atoms with Crippen LogP contribution >= 0.6 is 0 Å². The van der Waals surface area contributed by atoms with Crippen molar-refractivity contribution in [1.29, 1.82) is 0 Å². The van der Waals surface area contributed by atoms with Gasteiger partial charge >= 0.3 is 0 Å². The highest BCUT2D eigenvalue weighted by Gasteiger charge is 2.23. The third kappa shape index (κ3) is 5.64. The van der Waals surface area contributed by atoms with Crippen LogP contribution in [0.1, 0.15) is 30.4 Å². The fourth-order valence-electron chi connectivity index (χ4n) is 3.42. The third-order valence-electron chi connectivity index (χ3n) is 4.68. The van der Waals surface area contributed by atoms with Crippen molar-refractivity contribution in [3.63, 3.8) is 0 Å². The second kappa shape index (κ2) is 8.67. The predicted octanol–water partition coefficient (Wildman–Crippen LogP) is 1.98. The molecule has 146 valence electrons. The molecule has 2 N–H and O–H groups in total. The van der Waals surface area contributed by atoms with Crippen LogP contribution in [0.4, 0.5) is 11.6 Å². The Labute approximate surface area is 160 Å². The van der Waals surface area contributed by atoms with Gasteiger partial charge in [0.1, 0.15) is 18.0 Å². The van der Waals surface area contributed by atoms with Gasteiger partial charge in [-0.05, 0) is 30.4 Å². The fourth-order valence-corrected chi connectivity index (χ4v) is 4.20. The molecule has 2 heterocycles. The summed E-state index contributed by atoms with van der Waals surface area (Å²) in [5.74, 6) is 1.56. The first-order valence-electron chi connectivity index (χ1n) is 9.13. The number of hydrogen-bond acceptors (Lipinski definition) is 7.